The van der Waals surface area contributed by atoms with Gasteiger partial charge in [0.2, 0.25) is 0 Å². The van der Waals surface area contributed by atoms with Crippen LogP contribution in [0.5, 0.6) is 5.75 Å². The van der Waals surface area contributed by atoms with Crippen LogP contribution in [0, 0.1) is 13.8 Å². The lowest BCUT2D eigenvalue weighted by Crippen LogP contribution is -2.26. The lowest BCUT2D eigenvalue weighted by molar-refractivity contribution is 0.464. The summed E-state index contributed by atoms with van der Waals surface area (Å²) in [5, 5.41) is 9.90. The zero-order valence-corrected chi connectivity index (χ0v) is 15.1. The highest BCUT2D eigenvalue weighted by atomic mass is 16.3. The van der Waals surface area contributed by atoms with Crippen LogP contribution >= 0.6 is 0 Å². The maximum atomic E-state index is 12.1. The van der Waals surface area contributed by atoms with E-state index in [1.165, 1.54) is 0 Å². The van der Waals surface area contributed by atoms with Crippen molar-refractivity contribution in [2.45, 2.75) is 32.7 Å². The van der Waals surface area contributed by atoms with Gasteiger partial charge in [-0.15, -0.1) is 0 Å². The Kier molecular flexibility index (Phi) is 5.24. The van der Waals surface area contributed by atoms with Crippen LogP contribution in [0.3, 0.4) is 0 Å². The minimum Gasteiger partial charge on any atom is -0.508 e. The van der Waals surface area contributed by atoms with E-state index in [9.17, 15) is 9.90 Å². The molecule has 4 nitrogen and oxygen atoms in total. The Morgan fingerprint density at radius 2 is 1.73 bits per heavy atom. The lowest BCUT2D eigenvalue weighted by Gasteiger charge is -2.16. The Hall–Kier alpha value is -2.85. The second-order valence-corrected chi connectivity index (χ2v) is 6.82. The van der Waals surface area contributed by atoms with E-state index in [-0.39, 0.29) is 17.4 Å². The highest BCUT2D eigenvalue weighted by Crippen LogP contribution is 2.20. The van der Waals surface area contributed by atoms with Crippen molar-refractivity contribution >= 4 is 0 Å². The van der Waals surface area contributed by atoms with Crippen LogP contribution in [0.15, 0.2) is 65.6 Å². The van der Waals surface area contributed by atoms with Gasteiger partial charge < -0.3 is 10.8 Å². The number of benzene rings is 2. The summed E-state index contributed by atoms with van der Waals surface area (Å²) < 4.78 is 1.66. The summed E-state index contributed by atoms with van der Waals surface area (Å²) in [6.45, 7) is 4.00. The number of para-hydroxylation sites is 1. The van der Waals surface area contributed by atoms with E-state index in [0.717, 1.165) is 27.9 Å². The number of phenolic OH excluding ortho intramolecular Hbond substituents is 1. The summed E-state index contributed by atoms with van der Waals surface area (Å²) in [5.41, 5.74) is 11.3. The van der Waals surface area contributed by atoms with Gasteiger partial charge in [-0.25, -0.2) is 0 Å². The monoisotopic (exact) mass is 348 g/mol. The fourth-order valence-electron chi connectivity index (χ4n) is 3.17. The van der Waals surface area contributed by atoms with Gasteiger partial charge in [-0.1, -0.05) is 30.3 Å². The van der Waals surface area contributed by atoms with Crippen molar-refractivity contribution in [1.82, 2.24) is 4.57 Å². The van der Waals surface area contributed by atoms with Crippen molar-refractivity contribution in [3.63, 3.8) is 0 Å². The summed E-state index contributed by atoms with van der Waals surface area (Å²) in [6, 6.07) is 16.6. The molecule has 0 fully saturated rings. The number of pyridine rings is 1. The molecule has 3 aromatic rings. The molecular weight excluding hydrogens is 324 g/mol. The van der Waals surface area contributed by atoms with E-state index in [2.05, 4.69) is 0 Å². The van der Waals surface area contributed by atoms with E-state index in [1.54, 1.807) is 22.8 Å². The van der Waals surface area contributed by atoms with Gasteiger partial charge in [-0.3, -0.25) is 9.36 Å². The summed E-state index contributed by atoms with van der Waals surface area (Å²) in [7, 11) is 0. The highest BCUT2D eigenvalue weighted by molar-refractivity contribution is 5.41. The Morgan fingerprint density at radius 3 is 2.46 bits per heavy atom. The number of hydrogen-bond acceptors (Lipinski definition) is 3. The molecule has 0 saturated carbocycles. The van der Waals surface area contributed by atoms with Gasteiger partial charge in [-0.05, 0) is 67.1 Å². The Bertz CT molecular complexity index is 976. The van der Waals surface area contributed by atoms with Gasteiger partial charge in [0.05, 0.1) is 0 Å². The molecule has 0 aliphatic heterocycles. The van der Waals surface area contributed by atoms with Gasteiger partial charge in [0.15, 0.2) is 0 Å². The maximum Gasteiger partial charge on any atom is 0.255 e. The number of aromatic hydroxyl groups is 1. The minimum atomic E-state index is -0.0884. The predicted molar refractivity (Wildman–Crippen MR) is 105 cm³/mol. The van der Waals surface area contributed by atoms with E-state index < -0.39 is 0 Å². The van der Waals surface area contributed by atoms with Gasteiger partial charge in [-0.2, -0.15) is 0 Å². The second kappa shape index (κ2) is 7.58. The molecule has 0 bridgehead atoms. The number of aromatic nitrogens is 1. The number of nitrogens with zero attached hydrogens (tertiary/aromatic N) is 1. The predicted octanol–water partition coefficient (Wildman–Crippen LogP) is 3.27. The highest BCUT2D eigenvalue weighted by Gasteiger charge is 2.11. The maximum absolute atomic E-state index is 12.1. The Balaban J connectivity index is 1.79. The first-order chi connectivity index (χ1) is 12.4. The van der Waals surface area contributed by atoms with E-state index >= 15 is 0 Å². The topological polar surface area (TPSA) is 68.2 Å². The summed E-state index contributed by atoms with van der Waals surface area (Å²) in [6.07, 6.45) is 3.18. The number of phenols is 1. The molecule has 0 saturated heterocycles. The first kappa shape index (κ1) is 18.0. The van der Waals surface area contributed by atoms with Crippen molar-refractivity contribution in [3.05, 3.63) is 93.4 Å². The third kappa shape index (κ3) is 4.03. The van der Waals surface area contributed by atoms with Crippen LogP contribution in [-0.4, -0.2) is 15.7 Å². The lowest BCUT2D eigenvalue weighted by atomic mass is 9.96. The molecule has 1 unspecified atom stereocenters. The molecule has 0 aliphatic rings. The molecule has 1 atom stereocenters. The third-order valence-corrected chi connectivity index (χ3v) is 4.62. The first-order valence-corrected chi connectivity index (χ1v) is 8.75. The zero-order valence-electron chi connectivity index (χ0n) is 15.1. The fourth-order valence-corrected chi connectivity index (χ4v) is 3.17. The van der Waals surface area contributed by atoms with Crippen LogP contribution in [0.1, 0.15) is 22.3 Å². The van der Waals surface area contributed by atoms with Crippen LogP contribution < -0.4 is 11.3 Å². The Morgan fingerprint density at radius 1 is 1.00 bits per heavy atom. The van der Waals surface area contributed by atoms with Crippen molar-refractivity contribution in [2.75, 3.05) is 0 Å². The largest absolute Gasteiger partial charge is 0.508 e. The van der Waals surface area contributed by atoms with E-state index in [4.69, 9.17) is 5.73 Å². The van der Waals surface area contributed by atoms with E-state index in [0.29, 0.717) is 12.8 Å². The number of aryl methyl sites for hydroxylation is 2. The normalized spacial score (nSPS) is 12.1. The van der Waals surface area contributed by atoms with Crippen molar-refractivity contribution in [1.29, 1.82) is 0 Å². The molecule has 3 N–H and O–H groups in total. The van der Waals surface area contributed by atoms with Gasteiger partial charge in [0.1, 0.15) is 5.75 Å². The molecule has 4 heteroatoms. The number of hydrogen-bond donors (Lipinski definition) is 2. The van der Waals surface area contributed by atoms with Crippen LogP contribution in [-0.2, 0) is 12.8 Å². The number of nitrogens with two attached hydrogens (primary N) is 1. The smallest absolute Gasteiger partial charge is 0.255 e. The van der Waals surface area contributed by atoms with Gasteiger partial charge in [0.25, 0.3) is 5.56 Å². The van der Waals surface area contributed by atoms with Crippen molar-refractivity contribution in [2.24, 2.45) is 5.73 Å². The quantitative estimate of drug-likeness (QED) is 0.743. The third-order valence-electron chi connectivity index (χ3n) is 4.62. The molecule has 0 radical (unpaired) electrons. The molecule has 1 heterocycles. The number of rotatable bonds is 5. The minimum absolute atomic E-state index is 0.0426. The van der Waals surface area contributed by atoms with Crippen LogP contribution in [0.4, 0.5) is 0 Å². The standard InChI is InChI=1S/C22H24N2O2/c1-15-7-10-22(26)24(14-15)20-9-8-17(16(2)11-20)12-19(23)13-18-5-3-4-6-21(18)25/h3-11,14,19,25H,12-13,23H2,1-2H3. The molecular formula is C22H24N2O2. The van der Waals surface area contributed by atoms with Crippen LogP contribution in [0.25, 0.3) is 5.69 Å². The van der Waals surface area contributed by atoms with Gasteiger partial charge in [0, 0.05) is 24.0 Å². The van der Waals surface area contributed by atoms with Crippen molar-refractivity contribution < 1.29 is 5.11 Å². The molecule has 26 heavy (non-hydrogen) atoms. The SMILES string of the molecule is Cc1ccc(=O)n(-c2ccc(CC(N)Cc3ccccc3O)c(C)c2)c1. The summed E-state index contributed by atoms with van der Waals surface area (Å²) >= 11 is 0. The molecule has 0 aliphatic carbocycles. The summed E-state index contributed by atoms with van der Waals surface area (Å²) in [5.74, 6) is 0.286. The first-order valence-electron chi connectivity index (χ1n) is 8.75. The second-order valence-electron chi connectivity index (χ2n) is 6.82. The summed E-state index contributed by atoms with van der Waals surface area (Å²) in [4.78, 5) is 12.1. The average molecular weight is 348 g/mol. The van der Waals surface area contributed by atoms with Crippen molar-refractivity contribution in [3.8, 4) is 11.4 Å². The van der Waals surface area contributed by atoms with Gasteiger partial charge >= 0.3 is 0 Å². The van der Waals surface area contributed by atoms with E-state index in [1.807, 2.05) is 56.4 Å². The molecule has 2 aromatic carbocycles. The molecule has 0 amide bonds. The van der Waals surface area contributed by atoms with Crippen LogP contribution in [0.2, 0.25) is 0 Å². The molecule has 3 rings (SSSR count). The fraction of sp³-hybridized carbons (Fsp3) is 0.227. The Labute approximate surface area is 153 Å². The molecule has 0 spiro atoms. The zero-order chi connectivity index (χ0) is 18.7. The molecule has 1 aromatic heterocycles. The average Bonchev–Trinajstić information content (AvgIpc) is 2.61. The molecule has 134 valence electrons.